The zero-order valence-corrected chi connectivity index (χ0v) is 10.2. The highest BCUT2D eigenvalue weighted by atomic mass is 16.6. The average molecular weight is 260 g/mol. The molecule has 0 bridgehead atoms. The van der Waals surface area contributed by atoms with E-state index < -0.39 is 16.7 Å². The minimum atomic E-state index is -0.683. The third kappa shape index (κ3) is 2.98. The molecule has 1 aromatic carbocycles. The molecule has 1 N–H and O–H groups in total. The van der Waals surface area contributed by atoms with Gasteiger partial charge in [0.15, 0.2) is 5.76 Å². The van der Waals surface area contributed by atoms with Gasteiger partial charge in [0.25, 0.3) is 5.91 Å². The first-order chi connectivity index (χ1) is 9.08. The number of carbonyl (C=O) groups is 1. The second-order valence-corrected chi connectivity index (χ2v) is 4.00. The number of carbonyl (C=O) groups excluding carboxylic acids is 1. The molecule has 0 spiro atoms. The highest BCUT2D eigenvalue weighted by Gasteiger charge is 2.18. The van der Waals surface area contributed by atoms with Crippen LogP contribution in [-0.2, 0) is 0 Å². The van der Waals surface area contributed by atoms with Crippen molar-refractivity contribution >= 4 is 11.8 Å². The maximum absolute atomic E-state index is 11.8. The summed E-state index contributed by atoms with van der Waals surface area (Å²) in [5.74, 6) is -1.00. The molecule has 0 saturated carbocycles. The molecule has 2 rings (SSSR count). The zero-order chi connectivity index (χ0) is 13.8. The molecule has 0 aliphatic rings. The molecule has 0 aliphatic heterocycles. The summed E-state index contributed by atoms with van der Waals surface area (Å²) >= 11 is 0. The van der Waals surface area contributed by atoms with Crippen LogP contribution in [0.2, 0.25) is 0 Å². The van der Waals surface area contributed by atoms with Crippen LogP contribution in [0, 0.1) is 10.1 Å². The fraction of sp³-hybridized carbons (Fsp3) is 0.154. The van der Waals surface area contributed by atoms with Crippen molar-refractivity contribution in [3.05, 3.63) is 63.9 Å². The average Bonchev–Trinajstić information content (AvgIpc) is 2.89. The van der Waals surface area contributed by atoms with Crippen LogP contribution in [0.5, 0.6) is 0 Å². The number of hydrogen-bond donors (Lipinski definition) is 1. The summed E-state index contributed by atoms with van der Waals surface area (Å²) < 4.78 is 4.83. The topological polar surface area (TPSA) is 85.4 Å². The fourth-order valence-corrected chi connectivity index (χ4v) is 1.64. The van der Waals surface area contributed by atoms with Crippen LogP contribution < -0.4 is 5.32 Å². The van der Waals surface area contributed by atoms with Crippen LogP contribution in [0.25, 0.3) is 0 Å². The molecule has 6 nitrogen and oxygen atoms in total. The summed E-state index contributed by atoms with van der Waals surface area (Å²) in [4.78, 5) is 21.6. The van der Waals surface area contributed by atoms with Crippen molar-refractivity contribution in [3.63, 3.8) is 0 Å². The van der Waals surface area contributed by atoms with Crippen LogP contribution in [0.1, 0.15) is 29.1 Å². The van der Waals surface area contributed by atoms with Crippen molar-refractivity contribution in [3.8, 4) is 0 Å². The number of furan rings is 1. The largest absolute Gasteiger partial charge is 0.433 e. The highest BCUT2D eigenvalue weighted by Crippen LogP contribution is 2.17. The van der Waals surface area contributed by atoms with E-state index in [4.69, 9.17) is 4.42 Å². The number of nitro groups is 1. The van der Waals surface area contributed by atoms with Gasteiger partial charge in [-0.1, -0.05) is 30.3 Å². The monoisotopic (exact) mass is 260 g/mol. The predicted octanol–water partition coefficient (Wildman–Crippen LogP) is 2.68. The van der Waals surface area contributed by atoms with Crippen LogP contribution >= 0.6 is 0 Å². The van der Waals surface area contributed by atoms with Crippen LogP contribution in [0.3, 0.4) is 0 Å². The van der Waals surface area contributed by atoms with Gasteiger partial charge in [0.05, 0.1) is 12.1 Å². The Balaban J connectivity index is 2.06. The first-order valence-electron chi connectivity index (χ1n) is 5.68. The Morgan fingerprint density at radius 3 is 2.53 bits per heavy atom. The highest BCUT2D eigenvalue weighted by molar-refractivity contribution is 5.91. The quantitative estimate of drug-likeness (QED) is 0.676. The Labute approximate surface area is 109 Å². The predicted molar refractivity (Wildman–Crippen MR) is 67.7 cm³/mol. The molecule has 1 aromatic heterocycles. The van der Waals surface area contributed by atoms with Crippen molar-refractivity contribution in [1.29, 1.82) is 0 Å². The maximum atomic E-state index is 11.8. The van der Waals surface area contributed by atoms with E-state index in [2.05, 4.69) is 5.32 Å². The van der Waals surface area contributed by atoms with Gasteiger partial charge in [-0.2, -0.15) is 0 Å². The first-order valence-corrected chi connectivity index (χ1v) is 5.68. The van der Waals surface area contributed by atoms with E-state index in [1.54, 1.807) is 0 Å². The maximum Gasteiger partial charge on any atom is 0.433 e. The third-order valence-electron chi connectivity index (χ3n) is 2.64. The molecule has 1 heterocycles. The van der Waals surface area contributed by atoms with E-state index in [1.807, 2.05) is 37.3 Å². The fourth-order valence-electron chi connectivity index (χ4n) is 1.64. The van der Waals surface area contributed by atoms with Crippen LogP contribution in [0.15, 0.2) is 46.9 Å². The molecule has 1 atom stereocenters. The summed E-state index contributed by atoms with van der Waals surface area (Å²) in [6, 6.07) is 11.6. The normalized spacial score (nSPS) is 11.8. The summed E-state index contributed by atoms with van der Waals surface area (Å²) in [5.41, 5.74) is 0.942. The van der Waals surface area contributed by atoms with Crippen molar-refractivity contribution in [2.75, 3.05) is 0 Å². The zero-order valence-electron chi connectivity index (χ0n) is 10.2. The number of benzene rings is 1. The van der Waals surface area contributed by atoms with Gasteiger partial charge in [0.2, 0.25) is 0 Å². The first kappa shape index (κ1) is 12.8. The molecular formula is C13H12N2O4. The lowest BCUT2D eigenvalue weighted by molar-refractivity contribution is -0.402. The second kappa shape index (κ2) is 5.34. The smallest absolute Gasteiger partial charge is 0.395 e. The third-order valence-corrected chi connectivity index (χ3v) is 2.64. The SMILES string of the molecule is C[C@@H](NC(=O)c1ccc([N+](=O)[O-])o1)c1ccccc1. The van der Waals surface area contributed by atoms with Gasteiger partial charge in [0.1, 0.15) is 4.92 Å². The van der Waals surface area contributed by atoms with Gasteiger partial charge < -0.3 is 9.73 Å². The Hall–Kier alpha value is -2.63. The van der Waals surface area contributed by atoms with E-state index in [9.17, 15) is 14.9 Å². The van der Waals surface area contributed by atoms with E-state index in [0.717, 1.165) is 11.6 Å². The minimum absolute atomic E-state index is 0.0746. The molecule has 0 fully saturated rings. The summed E-state index contributed by atoms with van der Waals surface area (Å²) in [5, 5.41) is 13.2. The standard InChI is InChI=1S/C13H12N2O4/c1-9(10-5-3-2-4-6-10)14-13(16)11-7-8-12(19-11)15(17)18/h2-9H,1H3,(H,14,16)/t9-/m1/s1. The van der Waals surface area contributed by atoms with Gasteiger partial charge in [-0.05, 0) is 18.6 Å². The molecule has 0 radical (unpaired) electrons. The number of hydrogen-bond acceptors (Lipinski definition) is 4. The van der Waals surface area contributed by atoms with Crippen molar-refractivity contribution in [2.45, 2.75) is 13.0 Å². The van der Waals surface area contributed by atoms with E-state index in [0.29, 0.717) is 0 Å². The summed E-state index contributed by atoms with van der Waals surface area (Å²) in [6.07, 6.45) is 0. The molecule has 0 saturated heterocycles. The Morgan fingerprint density at radius 2 is 1.95 bits per heavy atom. The molecule has 19 heavy (non-hydrogen) atoms. The molecule has 0 aliphatic carbocycles. The summed E-state index contributed by atoms with van der Waals surface area (Å²) in [6.45, 7) is 1.82. The van der Waals surface area contributed by atoms with Gasteiger partial charge in [-0.15, -0.1) is 0 Å². The Morgan fingerprint density at radius 1 is 1.26 bits per heavy atom. The minimum Gasteiger partial charge on any atom is -0.395 e. The van der Waals surface area contributed by atoms with E-state index >= 15 is 0 Å². The molecule has 98 valence electrons. The lowest BCUT2D eigenvalue weighted by Crippen LogP contribution is -2.26. The Bertz CT molecular complexity index is 592. The lowest BCUT2D eigenvalue weighted by Gasteiger charge is -2.12. The van der Waals surface area contributed by atoms with Gasteiger partial charge in [-0.25, -0.2) is 0 Å². The van der Waals surface area contributed by atoms with Gasteiger partial charge in [-0.3, -0.25) is 14.9 Å². The number of amides is 1. The summed E-state index contributed by atoms with van der Waals surface area (Å²) in [7, 11) is 0. The molecule has 1 amide bonds. The molecule has 6 heteroatoms. The van der Waals surface area contributed by atoms with Gasteiger partial charge in [0, 0.05) is 0 Å². The number of nitrogens with zero attached hydrogens (tertiary/aromatic N) is 1. The second-order valence-electron chi connectivity index (χ2n) is 4.00. The van der Waals surface area contributed by atoms with Crippen molar-refractivity contribution < 1.29 is 14.1 Å². The van der Waals surface area contributed by atoms with Crippen molar-refractivity contribution in [2.24, 2.45) is 0 Å². The molecular weight excluding hydrogens is 248 g/mol. The van der Waals surface area contributed by atoms with Crippen LogP contribution in [0.4, 0.5) is 5.88 Å². The number of rotatable bonds is 4. The van der Waals surface area contributed by atoms with Crippen LogP contribution in [-0.4, -0.2) is 10.8 Å². The molecule has 2 aromatic rings. The Kier molecular flexibility index (Phi) is 3.61. The van der Waals surface area contributed by atoms with E-state index in [-0.39, 0.29) is 11.8 Å². The van der Waals surface area contributed by atoms with Crippen molar-refractivity contribution in [1.82, 2.24) is 5.32 Å². The molecule has 0 unspecified atom stereocenters. The van der Waals surface area contributed by atoms with E-state index in [1.165, 1.54) is 6.07 Å². The lowest BCUT2D eigenvalue weighted by atomic mass is 10.1. The number of nitrogens with one attached hydrogen (secondary N) is 1. The van der Waals surface area contributed by atoms with Gasteiger partial charge >= 0.3 is 5.88 Å².